The maximum absolute atomic E-state index is 9.54. The maximum Gasteiger partial charge on any atom is 0.0606 e. The molecular weight excluding hydrogens is 274 g/mol. The van der Waals surface area contributed by atoms with Crippen LogP contribution < -0.4 is 10.6 Å². The summed E-state index contributed by atoms with van der Waals surface area (Å²) in [7, 11) is 0. The van der Waals surface area contributed by atoms with Crippen LogP contribution in [0.2, 0.25) is 0 Å². The molecule has 1 aromatic carbocycles. The molecule has 4 heteroatoms. The molecule has 0 aliphatic heterocycles. The van der Waals surface area contributed by atoms with Crippen LogP contribution in [0.4, 0.5) is 5.69 Å². The highest BCUT2D eigenvalue weighted by Crippen LogP contribution is 2.33. The van der Waals surface area contributed by atoms with E-state index in [0.717, 1.165) is 31.1 Å². The molecule has 0 radical (unpaired) electrons. The number of rotatable bonds is 4. The summed E-state index contributed by atoms with van der Waals surface area (Å²) in [6, 6.07) is 7.15. The van der Waals surface area contributed by atoms with Crippen molar-refractivity contribution in [2.24, 2.45) is 5.73 Å². The lowest BCUT2D eigenvalue weighted by Crippen LogP contribution is -2.42. The average Bonchev–Trinajstić information content (AvgIpc) is 2.53. The summed E-state index contributed by atoms with van der Waals surface area (Å²) < 4.78 is 0. The molecule has 3 N–H and O–H groups in total. The smallest absolute Gasteiger partial charge is 0.0606 e. The molecule has 0 saturated heterocycles. The fourth-order valence-corrected chi connectivity index (χ4v) is 3.65. The largest absolute Gasteiger partial charge is 0.395 e. The van der Waals surface area contributed by atoms with E-state index < -0.39 is 0 Å². The van der Waals surface area contributed by atoms with Gasteiger partial charge in [-0.3, -0.25) is 4.98 Å². The topological polar surface area (TPSA) is 62.4 Å². The van der Waals surface area contributed by atoms with Crippen LogP contribution in [0, 0.1) is 6.92 Å². The molecular formula is C18H25N3O. The Labute approximate surface area is 132 Å². The quantitative estimate of drug-likeness (QED) is 0.911. The number of nitrogens with two attached hydrogens (primary N) is 1. The first-order valence-corrected chi connectivity index (χ1v) is 8.17. The van der Waals surface area contributed by atoms with Gasteiger partial charge < -0.3 is 15.7 Å². The molecule has 1 heterocycles. The lowest BCUT2D eigenvalue weighted by atomic mass is 9.90. The molecule has 0 bridgehead atoms. The van der Waals surface area contributed by atoms with Crippen LogP contribution in [0.15, 0.2) is 30.6 Å². The third-order valence-electron chi connectivity index (χ3n) is 4.78. The van der Waals surface area contributed by atoms with E-state index >= 15 is 0 Å². The number of aryl methyl sites for hydroxylation is 1. The number of fused-ring (bicyclic) bond motifs is 1. The monoisotopic (exact) mass is 299 g/mol. The summed E-state index contributed by atoms with van der Waals surface area (Å²) in [4.78, 5) is 6.67. The van der Waals surface area contributed by atoms with Crippen LogP contribution >= 0.6 is 0 Å². The molecule has 0 spiro atoms. The van der Waals surface area contributed by atoms with E-state index in [2.05, 4.69) is 35.0 Å². The van der Waals surface area contributed by atoms with Gasteiger partial charge in [-0.1, -0.05) is 12.1 Å². The first-order chi connectivity index (χ1) is 10.7. The van der Waals surface area contributed by atoms with Crippen LogP contribution in [-0.4, -0.2) is 35.3 Å². The Hall–Kier alpha value is -1.65. The van der Waals surface area contributed by atoms with Crippen molar-refractivity contribution >= 4 is 16.5 Å². The molecule has 22 heavy (non-hydrogen) atoms. The van der Waals surface area contributed by atoms with Crippen molar-refractivity contribution in [3.8, 4) is 0 Å². The van der Waals surface area contributed by atoms with Crippen molar-refractivity contribution in [1.82, 2.24) is 4.98 Å². The third-order valence-corrected chi connectivity index (χ3v) is 4.78. The number of hydrogen-bond donors (Lipinski definition) is 2. The zero-order valence-electron chi connectivity index (χ0n) is 13.2. The molecule has 118 valence electrons. The zero-order valence-corrected chi connectivity index (χ0v) is 13.2. The van der Waals surface area contributed by atoms with Gasteiger partial charge in [-0.05, 0) is 44.2 Å². The van der Waals surface area contributed by atoms with Crippen molar-refractivity contribution in [1.29, 1.82) is 0 Å². The standard InChI is InChI=1S/C18H25N3O/c1-13-11-20-12-14-3-2-4-17(18(13)14)21(9-10-22)16-7-5-15(19)6-8-16/h2-4,11-12,15-16,22H,5-10,19H2,1H3. The van der Waals surface area contributed by atoms with Gasteiger partial charge in [0.25, 0.3) is 0 Å². The summed E-state index contributed by atoms with van der Waals surface area (Å²) in [5.41, 5.74) is 8.45. The van der Waals surface area contributed by atoms with Gasteiger partial charge in [-0.15, -0.1) is 0 Å². The molecule has 0 amide bonds. The summed E-state index contributed by atoms with van der Waals surface area (Å²) in [6.07, 6.45) is 8.17. The second kappa shape index (κ2) is 6.63. The van der Waals surface area contributed by atoms with Gasteiger partial charge in [0.1, 0.15) is 0 Å². The van der Waals surface area contributed by atoms with Gasteiger partial charge >= 0.3 is 0 Å². The van der Waals surface area contributed by atoms with Crippen molar-refractivity contribution < 1.29 is 5.11 Å². The minimum Gasteiger partial charge on any atom is -0.395 e. The number of anilines is 1. The molecule has 0 atom stereocenters. The first kappa shape index (κ1) is 15.3. The Balaban J connectivity index is 2.01. The Morgan fingerprint density at radius 2 is 2.00 bits per heavy atom. The van der Waals surface area contributed by atoms with Crippen molar-refractivity contribution in [3.05, 3.63) is 36.2 Å². The fraction of sp³-hybridized carbons (Fsp3) is 0.500. The summed E-state index contributed by atoms with van der Waals surface area (Å²) >= 11 is 0. The lowest BCUT2D eigenvalue weighted by molar-refractivity contribution is 0.287. The third kappa shape index (κ3) is 2.94. The molecule has 2 aromatic rings. The van der Waals surface area contributed by atoms with E-state index in [-0.39, 0.29) is 6.61 Å². The van der Waals surface area contributed by atoms with Crippen LogP contribution in [0.3, 0.4) is 0 Å². The van der Waals surface area contributed by atoms with E-state index in [1.54, 1.807) is 0 Å². The van der Waals surface area contributed by atoms with Gasteiger partial charge in [0, 0.05) is 47.5 Å². The maximum atomic E-state index is 9.54. The Kier molecular flexibility index (Phi) is 4.60. The highest BCUT2D eigenvalue weighted by Gasteiger charge is 2.25. The Bertz CT molecular complexity index is 630. The number of benzene rings is 1. The second-order valence-electron chi connectivity index (χ2n) is 6.32. The Morgan fingerprint density at radius 3 is 2.73 bits per heavy atom. The van der Waals surface area contributed by atoms with E-state index in [1.165, 1.54) is 16.6 Å². The van der Waals surface area contributed by atoms with E-state index in [1.807, 2.05) is 12.4 Å². The van der Waals surface area contributed by atoms with E-state index in [9.17, 15) is 5.11 Å². The Morgan fingerprint density at radius 1 is 1.23 bits per heavy atom. The highest BCUT2D eigenvalue weighted by atomic mass is 16.3. The number of aromatic nitrogens is 1. The molecule has 1 aliphatic carbocycles. The molecule has 4 nitrogen and oxygen atoms in total. The molecule has 1 aliphatic rings. The van der Waals surface area contributed by atoms with E-state index in [4.69, 9.17) is 5.73 Å². The number of aliphatic hydroxyl groups is 1. The van der Waals surface area contributed by atoms with Crippen molar-refractivity contribution in [3.63, 3.8) is 0 Å². The number of aliphatic hydroxyl groups excluding tert-OH is 1. The second-order valence-corrected chi connectivity index (χ2v) is 6.32. The van der Waals surface area contributed by atoms with Gasteiger partial charge in [0.05, 0.1) is 6.61 Å². The fourth-order valence-electron chi connectivity index (χ4n) is 3.65. The minimum absolute atomic E-state index is 0.170. The number of nitrogens with zero attached hydrogens (tertiary/aromatic N) is 2. The molecule has 1 fully saturated rings. The van der Waals surface area contributed by atoms with Gasteiger partial charge in [-0.2, -0.15) is 0 Å². The van der Waals surface area contributed by atoms with Gasteiger partial charge in [0.15, 0.2) is 0 Å². The van der Waals surface area contributed by atoms with Crippen molar-refractivity contribution in [2.45, 2.75) is 44.7 Å². The summed E-state index contributed by atoms with van der Waals surface area (Å²) in [5.74, 6) is 0. The lowest BCUT2D eigenvalue weighted by Gasteiger charge is -2.38. The van der Waals surface area contributed by atoms with Crippen molar-refractivity contribution in [2.75, 3.05) is 18.1 Å². The predicted octanol–water partition coefficient (Wildman–Crippen LogP) is 2.61. The highest BCUT2D eigenvalue weighted by molar-refractivity contribution is 5.96. The average molecular weight is 299 g/mol. The van der Waals surface area contributed by atoms with Gasteiger partial charge in [0.2, 0.25) is 0 Å². The number of pyridine rings is 1. The molecule has 1 aromatic heterocycles. The van der Waals surface area contributed by atoms with Crippen LogP contribution in [0.25, 0.3) is 10.8 Å². The normalized spacial score (nSPS) is 22.0. The first-order valence-electron chi connectivity index (χ1n) is 8.17. The molecule has 1 saturated carbocycles. The summed E-state index contributed by atoms with van der Waals surface area (Å²) in [5, 5.41) is 12.0. The molecule has 3 rings (SSSR count). The van der Waals surface area contributed by atoms with Crippen LogP contribution in [0.5, 0.6) is 0 Å². The molecule has 0 unspecified atom stereocenters. The van der Waals surface area contributed by atoms with Gasteiger partial charge in [-0.25, -0.2) is 0 Å². The van der Waals surface area contributed by atoms with E-state index in [0.29, 0.717) is 18.6 Å². The van der Waals surface area contributed by atoms with Crippen LogP contribution in [0.1, 0.15) is 31.2 Å². The number of hydrogen-bond acceptors (Lipinski definition) is 4. The summed E-state index contributed by atoms with van der Waals surface area (Å²) in [6.45, 7) is 2.94. The SMILES string of the molecule is Cc1cncc2cccc(N(CCO)C3CCC(N)CC3)c12. The zero-order chi connectivity index (χ0) is 15.5. The predicted molar refractivity (Wildman–Crippen MR) is 91.1 cm³/mol. The minimum atomic E-state index is 0.170. The van der Waals surface area contributed by atoms with Crippen LogP contribution in [-0.2, 0) is 0 Å².